The lowest BCUT2D eigenvalue weighted by molar-refractivity contribution is -0.130. The van der Waals surface area contributed by atoms with Crippen LogP contribution >= 0.6 is 0 Å². The molecule has 16 heavy (non-hydrogen) atoms. The Balaban J connectivity index is 4.16. The molecule has 0 amide bonds. The van der Waals surface area contributed by atoms with E-state index in [2.05, 4.69) is 6.92 Å². The maximum absolute atomic E-state index is 11.7. The van der Waals surface area contributed by atoms with Gasteiger partial charge in [0.25, 0.3) is 0 Å². The zero-order chi connectivity index (χ0) is 12.4. The first-order chi connectivity index (χ1) is 7.65. The third-order valence-corrected chi connectivity index (χ3v) is 5.01. The number of rotatable bonds is 8. The van der Waals surface area contributed by atoms with Gasteiger partial charge < -0.3 is 9.16 Å². The third kappa shape index (κ3) is 6.79. The summed E-state index contributed by atoms with van der Waals surface area (Å²) >= 11 is 0. The summed E-state index contributed by atoms with van der Waals surface area (Å²) in [7, 11) is 0.276. The summed E-state index contributed by atoms with van der Waals surface area (Å²) in [5, 5.41) is 0. The zero-order valence-electron chi connectivity index (χ0n) is 10.9. The number of methoxy groups -OCH3 is 1. The molecule has 0 rings (SSSR count). The first-order valence-corrected chi connectivity index (χ1v) is 8.12. The minimum absolute atomic E-state index is 0.136. The fourth-order valence-corrected chi connectivity index (χ4v) is 3.62. The van der Waals surface area contributed by atoms with E-state index < -0.39 is 9.04 Å². The molecule has 94 valence electrons. The maximum atomic E-state index is 11.7. The Bertz CT molecular complexity index is 226. The molecule has 0 spiro atoms. The topological polar surface area (TPSA) is 35.5 Å². The highest BCUT2D eigenvalue weighted by Gasteiger charge is 2.16. The standard InChI is InChI=1S/C12H24O3Si/c1-5-7-11(3)12(13)15-16(9-6-2)10-8-14-4/h7,16H,5-6,8-10H2,1-4H3. The highest BCUT2D eigenvalue weighted by atomic mass is 28.3. The maximum Gasteiger partial charge on any atom is 0.319 e. The zero-order valence-corrected chi connectivity index (χ0v) is 12.1. The number of ether oxygens (including phenoxy) is 1. The predicted molar refractivity (Wildman–Crippen MR) is 69.1 cm³/mol. The second kappa shape index (κ2) is 9.60. The molecule has 0 fully saturated rings. The lowest BCUT2D eigenvalue weighted by Gasteiger charge is -2.15. The molecule has 3 nitrogen and oxygen atoms in total. The average Bonchev–Trinajstić information content (AvgIpc) is 2.26. The molecule has 0 aromatic rings. The number of hydrogen-bond acceptors (Lipinski definition) is 3. The summed E-state index contributed by atoms with van der Waals surface area (Å²) in [5.41, 5.74) is 0.730. The monoisotopic (exact) mass is 244 g/mol. The van der Waals surface area contributed by atoms with Crippen molar-refractivity contribution in [3.63, 3.8) is 0 Å². The van der Waals surface area contributed by atoms with Gasteiger partial charge in [-0.1, -0.05) is 26.3 Å². The normalized spacial score (nSPS) is 13.6. The molecule has 4 heteroatoms. The number of carbonyl (C=O) groups excluding carboxylic acids is 1. The Morgan fingerprint density at radius 3 is 2.50 bits per heavy atom. The van der Waals surface area contributed by atoms with Crippen LogP contribution in [0.4, 0.5) is 0 Å². The minimum atomic E-state index is -1.41. The van der Waals surface area contributed by atoms with Crippen molar-refractivity contribution in [2.45, 2.75) is 45.7 Å². The van der Waals surface area contributed by atoms with Gasteiger partial charge in [-0.3, -0.25) is 0 Å². The van der Waals surface area contributed by atoms with Crippen molar-refractivity contribution in [1.82, 2.24) is 0 Å². The van der Waals surface area contributed by atoms with Gasteiger partial charge in [-0.15, -0.1) is 0 Å². The molecule has 1 atom stereocenters. The smallest absolute Gasteiger partial charge is 0.319 e. The van der Waals surface area contributed by atoms with Gasteiger partial charge in [-0.2, -0.15) is 0 Å². The second-order valence-electron chi connectivity index (χ2n) is 3.89. The Hall–Kier alpha value is -0.613. The Labute approximate surface area is 101 Å². The number of carbonyl (C=O) groups is 1. The van der Waals surface area contributed by atoms with E-state index in [1.165, 1.54) is 0 Å². The molecule has 1 unspecified atom stereocenters. The lowest BCUT2D eigenvalue weighted by atomic mass is 10.2. The summed E-state index contributed by atoms with van der Waals surface area (Å²) in [4.78, 5) is 11.7. The van der Waals surface area contributed by atoms with E-state index in [9.17, 15) is 4.79 Å². The van der Waals surface area contributed by atoms with Crippen LogP contribution in [-0.2, 0) is 14.0 Å². The molecule has 0 aliphatic rings. The van der Waals surface area contributed by atoms with Crippen LogP contribution in [0.5, 0.6) is 0 Å². The quantitative estimate of drug-likeness (QED) is 0.486. The summed E-state index contributed by atoms with van der Waals surface area (Å²) in [6.45, 7) is 6.65. The van der Waals surface area contributed by atoms with Crippen LogP contribution in [0.1, 0.15) is 33.6 Å². The van der Waals surface area contributed by atoms with Crippen molar-refractivity contribution >= 4 is 15.0 Å². The molecule has 0 radical (unpaired) electrons. The van der Waals surface area contributed by atoms with E-state index in [0.717, 1.165) is 30.5 Å². The summed E-state index contributed by atoms with van der Waals surface area (Å²) in [5.74, 6) is -0.136. The molecule has 0 aliphatic carbocycles. The van der Waals surface area contributed by atoms with Crippen LogP contribution in [0.25, 0.3) is 0 Å². The molecule has 0 saturated carbocycles. The van der Waals surface area contributed by atoms with Gasteiger partial charge in [0.2, 0.25) is 9.04 Å². The van der Waals surface area contributed by atoms with E-state index in [-0.39, 0.29) is 5.97 Å². The Morgan fingerprint density at radius 2 is 2.00 bits per heavy atom. The average molecular weight is 244 g/mol. The van der Waals surface area contributed by atoms with E-state index >= 15 is 0 Å². The van der Waals surface area contributed by atoms with Gasteiger partial charge in [0.05, 0.1) is 0 Å². The molecule has 0 aromatic carbocycles. The minimum Gasteiger partial charge on any atom is -0.519 e. The van der Waals surface area contributed by atoms with Crippen LogP contribution < -0.4 is 0 Å². The van der Waals surface area contributed by atoms with Crippen molar-refractivity contribution in [3.05, 3.63) is 11.6 Å². The molecule has 0 aliphatic heterocycles. The molecule has 0 N–H and O–H groups in total. The Morgan fingerprint density at radius 1 is 1.31 bits per heavy atom. The number of allylic oxidation sites excluding steroid dienone is 1. The van der Waals surface area contributed by atoms with Gasteiger partial charge in [-0.05, 0) is 25.4 Å². The summed E-state index contributed by atoms with van der Waals surface area (Å²) in [6.07, 6.45) is 3.86. The predicted octanol–water partition coefficient (Wildman–Crippen LogP) is 2.67. The van der Waals surface area contributed by atoms with E-state index in [4.69, 9.17) is 9.16 Å². The van der Waals surface area contributed by atoms with Crippen LogP contribution in [0.2, 0.25) is 12.1 Å². The Kier molecular flexibility index (Phi) is 9.23. The molecular weight excluding hydrogens is 220 g/mol. The van der Waals surface area contributed by atoms with E-state index in [0.29, 0.717) is 6.61 Å². The summed E-state index contributed by atoms with van der Waals surface area (Å²) in [6, 6.07) is 1.95. The van der Waals surface area contributed by atoms with Crippen LogP contribution in [0, 0.1) is 0 Å². The SMILES string of the molecule is CCC=C(C)C(=O)O[SiH](CCC)CCOC. The van der Waals surface area contributed by atoms with E-state index in [1.807, 2.05) is 19.9 Å². The molecular formula is C12H24O3Si. The highest BCUT2D eigenvalue weighted by Crippen LogP contribution is 2.08. The van der Waals surface area contributed by atoms with Crippen molar-refractivity contribution < 1.29 is 14.0 Å². The van der Waals surface area contributed by atoms with Crippen molar-refractivity contribution in [2.24, 2.45) is 0 Å². The molecule has 0 bridgehead atoms. The van der Waals surface area contributed by atoms with Crippen molar-refractivity contribution in [1.29, 1.82) is 0 Å². The largest absolute Gasteiger partial charge is 0.519 e. The van der Waals surface area contributed by atoms with E-state index in [1.54, 1.807) is 7.11 Å². The molecule has 0 saturated heterocycles. The van der Waals surface area contributed by atoms with Crippen LogP contribution in [0.15, 0.2) is 11.6 Å². The van der Waals surface area contributed by atoms with Gasteiger partial charge in [-0.25, -0.2) is 4.79 Å². The lowest BCUT2D eigenvalue weighted by Crippen LogP contribution is -2.24. The summed E-state index contributed by atoms with van der Waals surface area (Å²) < 4.78 is 10.6. The number of hydrogen-bond donors (Lipinski definition) is 0. The van der Waals surface area contributed by atoms with Crippen molar-refractivity contribution in [2.75, 3.05) is 13.7 Å². The third-order valence-electron chi connectivity index (χ3n) is 2.36. The van der Waals surface area contributed by atoms with Crippen molar-refractivity contribution in [3.8, 4) is 0 Å². The molecule has 0 aromatic heterocycles. The first-order valence-electron chi connectivity index (χ1n) is 6.02. The highest BCUT2D eigenvalue weighted by molar-refractivity contribution is 6.54. The van der Waals surface area contributed by atoms with Gasteiger partial charge in [0, 0.05) is 19.3 Å². The fraction of sp³-hybridized carbons (Fsp3) is 0.750. The van der Waals surface area contributed by atoms with Crippen LogP contribution in [-0.4, -0.2) is 28.7 Å². The second-order valence-corrected chi connectivity index (χ2v) is 6.53. The van der Waals surface area contributed by atoms with Gasteiger partial charge >= 0.3 is 5.97 Å². The first kappa shape index (κ1) is 15.4. The fourth-order valence-electron chi connectivity index (χ4n) is 1.47. The van der Waals surface area contributed by atoms with Gasteiger partial charge in [0.15, 0.2) is 0 Å². The molecule has 0 heterocycles. The van der Waals surface area contributed by atoms with Gasteiger partial charge in [0.1, 0.15) is 0 Å². The van der Waals surface area contributed by atoms with Crippen LogP contribution in [0.3, 0.4) is 0 Å².